The lowest BCUT2D eigenvalue weighted by atomic mass is 9.56. The molecule has 0 aromatic rings. The van der Waals surface area contributed by atoms with Crippen LogP contribution < -0.4 is 0 Å². The fourth-order valence-corrected chi connectivity index (χ4v) is 5.33. The molecule has 1 saturated carbocycles. The molecule has 0 bridgehead atoms. The lowest BCUT2D eigenvalue weighted by molar-refractivity contribution is 0.238. The van der Waals surface area contributed by atoms with Gasteiger partial charge in [-0.15, -0.1) is 0 Å². The van der Waals surface area contributed by atoms with Gasteiger partial charge in [0, 0.05) is 5.92 Å². The van der Waals surface area contributed by atoms with Gasteiger partial charge in [-0.3, -0.25) is 0 Å². The first kappa shape index (κ1) is 14.3. The Kier molecular flexibility index (Phi) is 3.51. The van der Waals surface area contributed by atoms with Crippen molar-refractivity contribution in [2.24, 2.45) is 17.3 Å². The summed E-state index contributed by atoms with van der Waals surface area (Å²) in [6.07, 6.45) is 23.4. The highest BCUT2D eigenvalue weighted by Gasteiger charge is 2.43. The molecule has 0 aliphatic heterocycles. The van der Waals surface area contributed by atoms with Crippen LogP contribution in [0.25, 0.3) is 0 Å². The molecule has 0 aromatic heterocycles. The van der Waals surface area contributed by atoms with Crippen LogP contribution in [0, 0.1) is 17.3 Å². The Balaban J connectivity index is 1.89. The minimum atomic E-state index is 0.369. The Labute approximate surface area is 135 Å². The SMILES string of the molecule is CC1(C)C2=C(C=CCC2)C(C2C=CC=CC2)=C2CCCCC21. The molecule has 0 radical (unpaired) electrons. The first-order valence-corrected chi connectivity index (χ1v) is 9.16. The molecular formula is C22H28. The maximum atomic E-state index is 2.52. The summed E-state index contributed by atoms with van der Waals surface area (Å²) in [6, 6.07) is 0. The van der Waals surface area contributed by atoms with E-state index in [1.807, 2.05) is 5.57 Å². The lowest BCUT2D eigenvalue weighted by Gasteiger charge is -2.48. The summed E-state index contributed by atoms with van der Waals surface area (Å²) in [5, 5.41) is 0. The molecule has 0 heterocycles. The minimum absolute atomic E-state index is 0.369. The molecule has 22 heavy (non-hydrogen) atoms. The van der Waals surface area contributed by atoms with E-state index in [1.54, 1.807) is 16.7 Å². The predicted octanol–water partition coefficient (Wildman–Crippen LogP) is 6.29. The molecule has 0 spiro atoms. The van der Waals surface area contributed by atoms with Gasteiger partial charge in [0.1, 0.15) is 0 Å². The third-order valence-electron chi connectivity index (χ3n) is 6.42. The number of hydrogen-bond donors (Lipinski definition) is 0. The summed E-state index contributed by atoms with van der Waals surface area (Å²) in [5.74, 6) is 1.41. The zero-order valence-electron chi connectivity index (χ0n) is 14.1. The van der Waals surface area contributed by atoms with Crippen molar-refractivity contribution in [1.29, 1.82) is 0 Å². The maximum Gasteiger partial charge on any atom is 0.00612 e. The van der Waals surface area contributed by atoms with Crippen molar-refractivity contribution in [2.45, 2.75) is 58.8 Å². The van der Waals surface area contributed by atoms with Crippen LogP contribution in [0.1, 0.15) is 58.8 Å². The van der Waals surface area contributed by atoms with E-state index in [-0.39, 0.29) is 0 Å². The summed E-state index contributed by atoms with van der Waals surface area (Å²) in [7, 11) is 0. The van der Waals surface area contributed by atoms with Crippen molar-refractivity contribution in [3.8, 4) is 0 Å². The molecule has 0 aromatic carbocycles. The van der Waals surface area contributed by atoms with Gasteiger partial charge in [-0.1, -0.05) is 67.9 Å². The minimum Gasteiger partial charge on any atom is -0.0836 e. The van der Waals surface area contributed by atoms with Crippen LogP contribution in [0.2, 0.25) is 0 Å². The highest BCUT2D eigenvalue weighted by Crippen LogP contribution is 2.56. The first-order valence-electron chi connectivity index (χ1n) is 9.16. The number of fused-ring (bicyclic) bond motifs is 1. The van der Waals surface area contributed by atoms with E-state index in [0.29, 0.717) is 11.3 Å². The van der Waals surface area contributed by atoms with E-state index in [4.69, 9.17) is 0 Å². The number of allylic oxidation sites excluding steroid dienone is 10. The molecule has 0 saturated heterocycles. The number of hydrogen-bond acceptors (Lipinski definition) is 0. The van der Waals surface area contributed by atoms with Gasteiger partial charge >= 0.3 is 0 Å². The van der Waals surface area contributed by atoms with Crippen LogP contribution in [-0.2, 0) is 0 Å². The molecule has 2 unspecified atom stereocenters. The number of rotatable bonds is 1. The second-order valence-corrected chi connectivity index (χ2v) is 7.95. The zero-order chi connectivity index (χ0) is 15.2. The van der Waals surface area contributed by atoms with E-state index in [2.05, 4.69) is 50.3 Å². The summed E-state index contributed by atoms with van der Waals surface area (Å²) < 4.78 is 0. The highest BCUT2D eigenvalue weighted by molar-refractivity contribution is 5.56. The van der Waals surface area contributed by atoms with E-state index >= 15 is 0 Å². The van der Waals surface area contributed by atoms with Crippen molar-refractivity contribution in [2.75, 3.05) is 0 Å². The van der Waals surface area contributed by atoms with Crippen molar-refractivity contribution in [3.63, 3.8) is 0 Å². The topological polar surface area (TPSA) is 0 Å². The van der Waals surface area contributed by atoms with Gasteiger partial charge in [0.15, 0.2) is 0 Å². The van der Waals surface area contributed by atoms with Gasteiger partial charge in [0.05, 0.1) is 0 Å². The molecule has 4 rings (SSSR count). The fourth-order valence-electron chi connectivity index (χ4n) is 5.33. The summed E-state index contributed by atoms with van der Waals surface area (Å²) in [4.78, 5) is 0. The maximum absolute atomic E-state index is 2.52. The molecule has 116 valence electrons. The third-order valence-corrected chi connectivity index (χ3v) is 6.42. The van der Waals surface area contributed by atoms with Gasteiger partial charge in [0.2, 0.25) is 0 Å². The fraction of sp³-hybridized carbons (Fsp3) is 0.545. The standard InChI is InChI=1S/C22H28/c1-22(2)19-14-8-6-12-17(19)21(16-10-4-3-5-11-16)18-13-7-9-15-20(18)22/h3-6,10,12,16,20H,7-9,11,13-15H2,1-2H3. The quantitative estimate of drug-likeness (QED) is 0.532. The molecular weight excluding hydrogens is 264 g/mol. The monoisotopic (exact) mass is 292 g/mol. The van der Waals surface area contributed by atoms with Crippen molar-refractivity contribution < 1.29 is 0 Å². The summed E-state index contributed by atoms with van der Waals surface area (Å²) >= 11 is 0. The van der Waals surface area contributed by atoms with Crippen molar-refractivity contribution in [1.82, 2.24) is 0 Å². The van der Waals surface area contributed by atoms with Crippen LogP contribution in [-0.4, -0.2) is 0 Å². The van der Waals surface area contributed by atoms with E-state index < -0.39 is 0 Å². The summed E-state index contributed by atoms with van der Waals surface area (Å²) in [6.45, 7) is 5.04. The van der Waals surface area contributed by atoms with Crippen LogP contribution in [0.3, 0.4) is 0 Å². The molecule has 0 nitrogen and oxygen atoms in total. The molecule has 2 atom stereocenters. The normalized spacial score (nSPS) is 33.0. The lowest BCUT2D eigenvalue weighted by Crippen LogP contribution is -2.36. The molecule has 4 aliphatic carbocycles. The van der Waals surface area contributed by atoms with Gasteiger partial charge in [-0.05, 0) is 61.0 Å². The largest absolute Gasteiger partial charge is 0.0836 e. The predicted molar refractivity (Wildman–Crippen MR) is 94.6 cm³/mol. The zero-order valence-corrected chi connectivity index (χ0v) is 14.1. The molecule has 0 N–H and O–H groups in total. The highest BCUT2D eigenvalue weighted by atomic mass is 14.5. The van der Waals surface area contributed by atoms with E-state index in [9.17, 15) is 0 Å². The van der Waals surface area contributed by atoms with Crippen LogP contribution in [0.5, 0.6) is 0 Å². The van der Waals surface area contributed by atoms with Gasteiger partial charge < -0.3 is 0 Å². The first-order chi connectivity index (χ1) is 10.7. The molecule has 1 fully saturated rings. The molecule has 4 aliphatic rings. The van der Waals surface area contributed by atoms with Crippen LogP contribution in [0.15, 0.2) is 58.7 Å². The van der Waals surface area contributed by atoms with Crippen LogP contribution in [0.4, 0.5) is 0 Å². The Morgan fingerprint density at radius 2 is 1.95 bits per heavy atom. The Hall–Kier alpha value is -1.30. The second kappa shape index (κ2) is 5.41. The summed E-state index contributed by atoms with van der Waals surface area (Å²) in [5.41, 5.74) is 7.27. The smallest absolute Gasteiger partial charge is 0.00612 e. The Morgan fingerprint density at radius 1 is 1.05 bits per heavy atom. The van der Waals surface area contributed by atoms with E-state index in [0.717, 1.165) is 5.92 Å². The van der Waals surface area contributed by atoms with E-state index in [1.165, 1.54) is 44.9 Å². The molecule has 0 heteroatoms. The van der Waals surface area contributed by atoms with Crippen LogP contribution >= 0.6 is 0 Å². The van der Waals surface area contributed by atoms with Gasteiger partial charge in [0.25, 0.3) is 0 Å². The third kappa shape index (κ3) is 2.11. The average molecular weight is 292 g/mol. The van der Waals surface area contributed by atoms with Crippen molar-refractivity contribution >= 4 is 0 Å². The second-order valence-electron chi connectivity index (χ2n) is 7.95. The van der Waals surface area contributed by atoms with Crippen molar-refractivity contribution in [3.05, 3.63) is 58.7 Å². The Morgan fingerprint density at radius 3 is 2.77 bits per heavy atom. The molecule has 0 amide bonds. The average Bonchev–Trinajstić information content (AvgIpc) is 2.56. The van der Waals surface area contributed by atoms with Gasteiger partial charge in [-0.25, -0.2) is 0 Å². The Bertz CT molecular complexity index is 618. The van der Waals surface area contributed by atoms with Gasteiger partial charge in [-0.2, -0.15) is 0 Å².